The first-order valence-electron chi connectivity index (χ1n) is 12.6. The summed E-state index contributed by atoms with van der Waals surface area (Å²) in [4.78, 5) is 39.9. The summed E-state index contributed by atoms with van der Waals surface area (Å²) in [6.45, 7) is -1.70. The molecule has 0 aliphatic heterocycles. The molecule has 5 rings (SSSR count). The van der Waals surface area contributed by atoms with Gasteiger partial charge in [-0.05, 0) is 59.4 Å². The lowest BCUT2D eigenvalue weighted by atomic mass is 10.0. The predicted octanol–water partition coefficient (Wildman–Crippen LogP) is 4.83. The van der Waals surface area contributed by atoms with E-state index in [1.807, 2.05) is 0 Å². The SMILES string of the molecule is O=C(NCC(F)(F)F)c1cn(-c2cccc(-c3ccc(C4CC4C(=O)O)c(S(=O)(=O)C(F)(F)F)c3)c2)c2ncccc2c1=O. The molecule has 2 heterocycles. The predicted molar refractivity (Wildman–Crippen MR) is 143 cm³/mol. The van der Waals surface area contributed by atoms with Crippen LogP contribution in [-0.2, 0) is 14.6 Å². The maximum Gasteiger partial charge on any atom is 0.501 e. The largest absolute Gasteiger partial charge is 0.501 e. The number of carbonyl (C=O) groups is 2. The molecule has 0 spiro atoms. The number of rotatable bonds is 7. The van der Waals surface area contributed by atoms with Crippen molar-refractivity contribution in [2.45, 2.75) is 28.9 Å². The zero-order chi connectivity index (χ0) is 32.2. The van der Waals surface area contributed by atoms with Crippen molar-refractivity contribution in [1.29, 1.82) is 0 Å². The van der Waals surface area contributed by atoms with Crippen LogP contribution in [0.15, 0.2) is 76.7 Å². The first-order valence-corrected chi connectivity index (χ1v) is 14.1. The van der Waals surface area contributed by atoms with Crippen molar-refractivity contribution < 1.29 is 49.5 Å². The minimum Gasteiger partial charge on any atom is -0.481 e. The second kappa shape index (κ2) is 10.8. The van der Waals surface area contributed by atoms with E-state index in [9.17, 15) is 54.3 Å². The van der Waals surface area contributed by atoms with Gasteiger partial charge in [0, 0.05) is 18.1 Å². The second-order valence-electron chi connectivity index (χ2n) is 9.95. The van der Waals surface area contributed by atoms with E-state index in [0.717, 1.165) is 18.3 Å². The first kappa shape index (κ1) is 30.7. The van der Waals surface area contributed by atoms with Gasteiger partial charge < -0.3 is 15.0 Å². The minimum absolute atomic E-state index is 0.00570. The number of nitrogens with zero attached hydrogens (tertiary/aromatic N) is 2. The van der Waals surface area contributed by atoms with Gasteiger partial charge in [0.15, 0.2) is 0 Å². The molecule has 230 valence electrons. The summed E-state index contributed by atoms with van der Waals surface area (Å²) in [5, 5.41) is 10.8. The van der Waals surface area contributed by atoms with Crippen molar-refractivity contribution in [2.24, 2.45) is 5.92 Å². The zero-order valence-electron chi connectivity index (χ0n) is 22.0. The van der Waals surface area contributed by atoms with Crippen LogP contribution in [0.3, 0.4) is 0 Å². The molecule has 0 bridgehead atoms. The number of fused-ring (bicyclic) bond motifs is 1. The molecule has 2 N–H and O–H groups in total. The molecule has 2 aromatic carbocycles. The average molecular weight is 640 g/mol. The fourth-order valence-electron chi connectivity index (χ4n) is 4.82. The van der Waals surface area contributed by atoms with Crippen LogP contribution in [0, 0.1) is 5.92 Å². The van der Waals surface area contributed by atoms with Gasteiger partial charge in [0.05, 0.1) is 16.2 Å². The van der Waals surface area contributed by atoms with Crippen LogP contribution in [-0.4, -0.2) is 53.2 Å². The molecule has 1 aliphatic rings. The van der Waals surface area contributed by atoms with Gasteiger partial charge in [-0.3, -0.25) is 14.4 Å². The van der Waals surface area contributed by atoms with Crippen LogP contribution in [0.4, 0.5) is 26.3 Å². The van der Waals surface area contributed by atoms with Crippen LogP contribution in [0.1, 0.15) is 28.3 Å². The fourth-order valence-corrected chi connectivity index (χ4v) is 5.88. The summed E-state index contributed by atoms with van der Waals surface area (Å²) in [6, 6.07) is 11.7. The molecule has 0 saturated heterocycles. The van der Waals surface area contributed by atoms with Gasteiger partial charge in [-0.1, -0.05) is 24.3 Å². The van der Waals surface area contributed by atoms with E-state index in [-0.39, 0.29) is 39.8 Å². The molecule has 2 atom stereocenters. The van der Waals surface area contributed by atoms with Crippen LogP contribution in [0.5, 0.6) is 0 Å². The lowest BCUT2D eigenvalue weighted by Gasteiger charge is -2.16. The highest BCUT2D eigenvalue weighted by Gasteiger charge is 2.52. The Morgan fingerprint density at radius 3 is 2.34 bits per heavy atom. The molecule has 1 amide bonds. The number of alkyl halides is 6. The van der Waals surface area contributed by atoms with Crippen LogP contribution < -0.4 is 10.7 Å². The quantitative estimate of drug-likeness (QED) is 0.277. The number of pyridine rings is 2. The number of hydrogen-bond donors (Lipinski definition) is 2. The lowest BCUT2D eigenvalue weighted by Crippen LogP contribution is -2.36. The number of hydrogen-bond acceptors (Lipinski definition) is 6. The number of aromatic nitrogens is 2. The highest BCUT2D eigenvalue weighted by molar-refractivity contribution is 7.92. The number of carboxylic acids is 1. The molecule has 0 radical (unpaired) electrons. The van der Waals surface area contributed by atoms with Gasteiger partial charge in [-0.25, -0.2) is 13.4 Å². The molecule has 44 heavy (non-hydrogen) atoms. The maximum atomic E-state index is 13.6. The van der Waals surface area contributed by atoms with E-state index in [1.165, 1.54) is 53.2 Å². The highest BCUT2D eigenvalue weighted by Crippen LogP contribution is 2.51. The van der Waals surface area contributed by atoms with Gasteiger partial charge in [0.2, 0.25) is 5.43 Å². The van der Waals surface area contributed by atoms with Gasteiger partial charge in [0.1, 0.15) is 17.8 Å². The van der Waals surface area contributed by atoms with Crippen molar-refractivity contribution in [1.82, 2.24) is 14.9 Å². The molecule has 2 aromatic heterocycles. The molecule has 4 aromatic rings. The van der Waals surface area contributed by atoms with Crippen LogP contribution in [0.25, 0.3) is 27.8 Å². The molecule has 1 fully saturated rings. The van der Waals surface area contributed by atoms with E-state index in [4.69, 9.17) is 0 Å². The molecular weight excluding hydrogens is 620 g/mol. The Labute approximate surface area is 243 Å². The van der Waals surface area contributed by atoms with Gasteiger partial charge in [-0.15, -0.1) is 0 Å². The summed E-state index contributed by atoms with van der Waals surface area (Å²) < 4.78 is 105. The monoisotopic (exact) mass is 639 g/mol. The van der Waals surface area contributed by atoms with E-state index in [1.54, 1.807) is 5.32 Å². The van der Waals surface area contributed by atoms with Gasteiger partial charge >= 0.3 is 17.7 Å². The second-order valence-corrected chi connectivity index (χ2v) is 11.9. The molecular formula is C28H19F6N3O6S. The average Bonchev–Trinajstić information content (AvgIpc) is 3.76. The lowest BCUT2D eigenvalue weighted by molar-refractivity contribution is -0.138. The Bertz CT molecular complexity index is 1990. The van der Waals surface area contributed by atoms with E-state index < -0.39 is 67.7 Å². The number of carbonyl (C=O) groups excluding carboxylic acids is 1. The Balaban J connectivity index is 1.63. The normalized spacial score (nSPS) is 17.0. The number of aliphatic carboxylic acids is 1. The summed E-state index contributed by atoms with van der Waals surface area (Å²) in [7, 11) is -5.89. The van der Waals surface area contributed by atoms with Crippen molar-refractivity contribution in [3.63, 3.8) is 0 Å². The van der Waals surface area contributed by atoms with E-state index in [2.05, 4.69) is 4.98 Å². The zero-order valence-corrected chi connectivity index (χ0v) is 22.8. The third-order valence-corrected chi connectivity index (χ3v) is 8.57. The number of sulfone groups is 1. The number of carboxylic acid groups (broad SMARTS) is 1. The number of halogens is 6. The molecule has 9 nitrogen and oxygen atoms in total. The number of nitrogens with one attached hydrogen (secondary N) is 1. The Morgan fingerprint density at radius 1 is 1.00 bits per heavy atom. The maximum absolute atomic E-state index is 13.6. The summed E-state index contributed by atoms with van der Waals surface area (Å²) >= 11 is 0. The van der Waals surface area contributed by atoms with Gasteiger partial charge in [0.25, 0.3) is 15.7 Å². The smallest absolute Gasteiger partial charge is 0.481 e. The molecule has 1 aliphatic carbocycles. The summed E-state index contributed by atoms with van der Waals surface area (Å²) in [5.74, 6) is -4.54. The topological polar surface area (TPSA) is 135 Å². The number of amides is 1. The molecule has 1 saturated carbocycles. The first-order chi connectivity index (χ1) is 20.5. The molecule has 16 heteroatoms. The third kappa shape index (κ3) is 5.76. The van der Waals surface area contributed by atoms with Crippen LogP contribution in [0.2, 0.25) is 0 Å². The third-order valence-electron chi connectivity index (χ3n) is 7.03. The summed E-state index contributed by atoms with van der Waals surface area (Å²) in [5.41, 5.74) is -7.10. The summed E-state index contributed by atoms with van der Waals surface area (Å²) in [6.07, 6.45) is -2.48. The van der Waals surface area contributed by atoms with Gasteiger partial charge in [-0.2, -0.15) is 26.3 Å². The Morgan fingerprint density at radius 2 is 1.70 bits per heavy atom. The van der Waals surface area contributed by atoms with Crippen molar-refractivity contribution in [3.8, 4) is 16.8 Å². The minimum atomic E-state index is -5.89. The Kier molecular flexibility index (Phi) is 7.52. The number of benzene rings is 2. The van der Waals surface area contributed by atoms with E-state index in [0.29, 0.717) is 0 Å². The standard InChI is InChI=1S/C28H19F6N3O6S/c29-27(30,31)13-36-25(39)21-12-37(24-18(23(21)38)5-2-8-35-24)16-4-1-3-14(9-16)15-6-7-17(19-11-20(19)26(40)41)22(10-15)44(42,43)28(32,33)34/h1-10,12,19-20H,11,13H2,(H,36,39)(H,40,41). The molecule has 2 unspecified atom stereocenters. The van der Waals surface area contributed by atoms with Crippen molar-refractivity contribution in [2.75, 3.05) is 6.54 Å². The fraction of sp³-hybridized carbons (Fsp3) is 0.214. The Hall–Kier alpha value is -4.73. The van der Waals surface area contributed by atoms with Crippen molar-refractivity contribution >= 4 is 32.7 Å². The highest BCUT2D eigenvalue weighted by atomic mass is 32.2. The van der Waals surface area contributed by atoms with Crippen molar-refractivity contribution in [3.05, 3.63) is 88.3 Å². The van der Waals surface area contributed by atoms with E-state index >= 15 is 0 Å². The van der Waals surface area contributed by atoms with Crippen LogP contribution >= 0.6 is 0 Å².